The number of hydrogen-bond acceptors (Lipinski definition) is 6. The molecule has 8 nitrogen and oxygen atoms in total. The van der Waals surface area contributed by atoms with E-state index in [9.17, 15) is 14.7 Å². The number of hydrazone groups is 1. The second-order valence-corrected chi connectivity index (χ2v) is 5.98. The Kier molecular flexibility index (Phi) is 5.66. The normalized spacial score (nSPS) is 10.8. The van der Waals surface area contributed by atoms with E-state index in [4.69, 9.17) is 17.0 Å². The number of carbonyl (C=O) groups is 1. The minimum atomic E-state index is -0.634. The zero-order valence-electron chi connectivity index (χ0n) is 14.7. The van der Waals surface area contributed by atoms with Gasteiger partial charge < -0.3 is 9.84 Å². The molecule has 0 saturated carbocycles. The number of aromatic amines is 1. The topological polar surface area (TPSA) is 109 Å². The highest BCUT2D eigenvalue weighted by atomic mass is 32.1. The lowest BCUT2D eigenvalue weighted by atomic mass is 10.2. The molecule has 0 aliphatic carbocycles. The summed E-state index contributed by atoms with van der Waals surface area (Å²) in [6.07, 6.45) is 1.06. The van der Waals surface area contributed by atoms with Gasteiger partial charge in [-0.15, -0.1) is 0 Å². The molecule has 3 N–H and O–H groups in total. The maximum Gasteiger partial charge on any atom is 0.271 e. The van der Waals surface area contributed by atoms with Crippen LogP contribution in [0.3, 0.4) is 0 Å². The summed E-state index contributed by atoms with van der Waals surface area (Å²) in [5.41, 5.74) is 2.44. The smallest absolute Gasteiger partial charge is 0.271 e. The van der Waals surface area contributed by atoms with Gasteiger partial charge in [-0.05, 0) is 48.6 Å². The van der Waals surface area contributed by atoms with Crippen LogP contribution in [0.1, 0.15) is 15.9 Å². The molecule has 0 radical (unpaired) electrons. The van der Waals surface area contributed by atoms with Crippen molar-refractivity contribution < 1.29 is 14.6 Å². The number of aromatic hydroxyl groups is 1. The summed E-state index contributed by atoms with van der Waals surface area (Å²) in [5.74, 6) is -0.225. The zero-order chi connectivity index (χ0) is 20.1. The lowest BCUT2D eigenvalue weighted by Crippen LogP contribution is -2.21. The van der Waals surface area contributed by atoms with E-state index < -0.39 is 17.3 Å². The van der Waals surface area contributed by atoms with E-state index >= 15 is 0 Å². The molecule has 0 fully saturated rings. The first-order chi connectivity index (χ1) is 13.5. The van der Waals surface area contributed by atoms with Crippen molar-refractivity contribution in [2.24, 2.45) is 5.10 Å². The molecular weight excluding hydrogens is 380 g/mol. The van der Waals surface area contributed by atoms with Crippen molar-refractivity contribution >= 4 is 24.3 Å². The molecule has 2 aromatic carbocycles. The van der Waals surface area contributed by atoms with E-state index in [-0.39, 0.29) is 10.3 Å². The monoisotopic (exact) mass is 396 g/mol. The third-order valence-corrected chi connectivity index (χ3v) is 4.13. The fourth-order valence-corrected chi connectivity index (χ4v) is 2.72. The molecule has 142 valence electrons. The van der Waals surface area contributed by atoms with Crippen LogP contribution in [0, 0.1) is 4.77 Å². The van der Waals surface area contributed by atoms with Crippen molar-refractivity contribution in [1.82, 2.24) is 15.0 Å². The average Bonchev–Trinajstić information content (AvgIpc) is 2.71. The number of rotatable bonds is 5. The largest absolute Gasteiger partial charge is 0.497 e. The Labute approximate surface area is 164 Å². The first kappa shape index (κ1) is 19.1. The number of benzene rings is 2. The van der Waals surface area contributed by atoms with E-state index in [2.05, 4.69) is 15.5 Å². The number of aromatic nitrogens is 2. The van der Waals surface area contributed by atoms with E-state index in [0.717, 1.165) is 6.21 Å². The van der Waals surface area contributed by atoms with Gasteiger partial charge >= 0.3 is 0 Å². The minimum Gasteiger partial charge on any atom is -0.497 e. The Bertz CT molecular complexity index is 1140. The van der Waals surface area contributed by atoms with Crippen LogP contribution in [0.5, 0.6) is 11.6 Å². The van der Waals surface area contributed by atoms with E-state index in [1.54, 1.807) is 54.6 Å². The average molecular weight is 396 g/mol. The van der Waals surface area contributed by atoms with Gasteiger partial charge in [0.1, 0.15) is 11.3 Å². The standard InChI is InChI=1S/C19H16N4O4S/c1-27-14-9-7-13(8-10-14)23-18(26)15(17(25)21-19(23)28)11-20-22-16(24)12-5-3-2-4-6-12/h2-11,26H,1H3,(H,22,24)(H,21,25,28). The van der Waals surface area contributed by atoms with Gasteiger partial charge in [0, 0.05) is 5.56 Å². The number of methoxy groups -OCH3 is 1. The van der Waals surface area contributed by atoms with E-state index in [1.165, 1.54) is 11.7 Å². The van der Waals surface area contributed by atoms with Gasteiger partial charge in [-0.3, -0.25) is 19.1 Å². The Morgan fingerprint density at radius 3 is 2.54 bits per heavy atom. The molecule has 0 bridgehead atoms. The molecule has 0 aliphatic rings. The summed E-state index contributed by atoms with van der Waals surface area (Å²) in [4.78, 5) is 26.6. The minimum absolute atomic E-state index is 0.0122. The molecule has 3 rings (SSSR count). The number of ether oxygens (including phenoxy) is 1. The molecule has 0 atom stereocenters. The third-order valence-electron chi connectivity index (χ3n) is 3.85. The Balaban J connectivity index is 1.92. The molecule has 1 aromatic heterocycles. The summed E-state index contributed by atoms with van der Waals surface area (Å²) >= 11 is 5.15. The first-order valence-electron chi connectivity index (χ1n) is 8.12. The molecule has 0 aliphatic heterocycles. The quantitative estimate of drug-likeness (QED) is 0.349. The second kappa shape index (κ2) is 8.31. The first-order valence-corrected chi connectivity index (χ1v) is 8.53. The number of nitrogens with one attached hydrogen (secondary N) is 2. The van der Waals surface area contributed by atoms with E-state index in [0.29, 0.717) is 17.0 Å². The summed E-state index contributed by atoms with van der Waals surface area (Å²) in [6.45, 7) is 0. The molecule has 9 heteroatoms. The lowest BCUT2D eigenvalue weighted by Gasteiger charge is -2.11. The van der Waals surface area contributed by atoms with Crippen LogP contribution in [0.25, 0.3) is 5.69 Å². The third kappa shape index (κ3) is 3.99. The molecule has 1 heterocycles. The van der Waals surface area contributed by atoms with E-state index in [1.807, 2.05) is 0 Å². The van der Waals surface area contributed by atoms with Crippen LogP contribution in [0.4, 0.5) is 0 Å². The van der Waals surface area contributed by atoms with Gasteiger partial charge in [0.05, 0.1) is 19.0 Å². The molecule has 0 saturated heterocycles. The van der Waals surface area contributed by atoms with Crippen LogP contribution < -0.4 is 15.7 Å². The molecule has 1 amide bonds. The summed E-state index contributed by atoms with van der Waals surface area (Å²) in [7, 11) is 1.54. The number of amides is 1. The van der Waals surface area contributed by atoms with Crippen LogP contribution in [0.2, 0.25) is 0 Å². The molecule has 0 unspecified atom stereocenters. The van der Waals surface area contributed by atoms with Gasteiger partial charge in [-0.1, -0.05) is 18.2 Å². The highest BCUT2D eigenvalue weighted by Gasteiger charge is 2.13. The fraction of sp³-hybridized carbons (Fsp3) is 0.0526. The Morgan fingerprint density at radius 2 is 1.89 bits per heavy atom. The van der Waals surface area contributed by atoms with Crippen LogP contribution in [-0.2, 0) is 0 Å². The van der Waals surface area contributed by atoms with Crippen LogP contribution >= 0.6 is 12.2 Å². The van der Waals surface area contributed by atoms with Gasteiger partial charge in [0.2, 0.25) is 5.88 Å². The number of H-pyrrole nitrogens is 1. The summed E-state index contributed by atoms with van der Waals surface area (Å²) in [5, 5.41) is 14.3. The van der Waals surface area contributed by atoms with Crippen molar-refractivity contribution in [3.05, 3.63) is 80.8 Å². The maximum atomic E-state index is 12.2. The molecule has 0 spiro atoms. The van der Waals surface area contributed by atoms with Crippen molar-refractivity contribution in [2.75, 3.05) is 7.11 Å². The Hall–Kier alpha value is -3.72. The lowest BCUT2D eigenvalue weighted by molar-refractivity contribution is 0.0955. The van der Waals surface area contributed by atoms with Gasteiger partial charge in [0.15, 0.2) is 4.77 Å². The zero-order valence-corrected chi connectivity index (χ0v) is 15.6. The summed E-state index contributed by atoms with van der Waals surface area (Å²) in [6, 6.07) is 15.2. The highest BCUT2D eigenvalue weighted by Crippen LogP contribution is 2.21. The predicted molar refractivity (Wildman–Crippen MR) is 107 cm³/mol. The van der Waals surface area contributed by atoms with Crippen molar-refractivity contribution in [1.29, 1.82) is 0 Å². The van der Waals surface area contributed by atoms with Crippen LogP contribution in [-0.4, -0.2) is 33.9 Å². The van der Waals surface area contributed by atoms with Gasteiger partial charge in [0.25, 0.3) is 11.5 Å². The molecule has 28 heavy (non-hydrogen) atoms. The predicted octanol–water partition coefficient (Wildman–Crippen LogP) is 2.37. The highest BCUT2D eigenvalue weighted by molar-refractivity contribution is 7.71. The maximum absolute atomic E-state index is 12.2. The van der Waals surface area contributed by atoms with Crippen LogP contribution in [0.15, 0.2) is 64.5 Å². The fourth-order valence-electron chi connectivity index (χ4n) is 2.44. The SMILES string of the molecule is COc1ccc(-n2c(O)c(C=NNC(=O)c3ccccc3)c(=O)[nH]c2=S)cc1. The van der Waals surface area contributed by atoms with Crippen molar-refractivity contribution in [3.63, 3.8) is 0 Å². The van der Waals surface area contributed by atoms with Crippen molar-refractivity contribution in [3.8, 4) is 17.3 Å². The second-order valence-electron chi connectivity index (χ2n) is 5.60. The number of nitrogens with zero attached hydrogens (tertiary/aromatic N) is 2. The van der Waals surface area contributed by atoms with Crippen molar-refractivity contribution in [2.45, 2.75) is 0 Å². The Morgan fingerprint density at radius 1 is 1.21 bits per heavy atom. The molecule has 3 aromatic rings. The van der Waals surface area contributed by atoms with Gasteiger partial charge in [-0.25, -0.2) is 5.43 Å². The summed E-state index contributed by atoms with van der Waals surface area (Å²) < 4.78 is 6.39. The van der Waals surface area contributed by atoms with Gasteiger partial charge in [-0.2, -0.15) is 5.10 Å². The molecular formula is C19H16N4O4S. The number of carbonyl (C=O) groups excluding carboxylic acids is 1. The number of hydrogen-bond donors (Lipinski definition) is 3.